The van der Waals surface area contributed by atoms with E-state index in [0.717, 1.165) is 24.4 Å². The van der Waals surface area contributed by atoms with Crippen LogP contribution in [0.15, 0.2) is 30.3 Å². The summed E-state index contributed by atoms with van der Waals surface area (Å²) < 4.78 is 0. The lowest BCUT2D eigenvalue weighted by atomic mass is 9.87. The number of nitrogens with one attached hydrogen (secondary N) is 2. The Morgan fingerprint density at radius 1 is 1.42 bits per heavy atom. The number of H-pyrrole nitrogens is 1. The molecule has 0 radical (unpaired) electrons. The van der Waals surface area contributed by atoms with Crippen molar-refractivity contribution in [1.82, 2.24) is 20.4 Å². The lowest BCUT2D eigenvalue weighted by molar-refractivity contribution is 0.180. The molecule has 1 spiro atoms. The van der Waals surface area contributed by atoms with E-state index in [4.69, 9.17) is 0 Å². The van der Waals surface area contributed by atoms with Crippen LogP contribution in [0.25, 0.3) is 0 Å². The van der Waals surface area contributed by atoms with E-state index in [0.29, 0.717) is 6.54 Å². The van der Waals surface area contributed by atoms with E-state index < -0.39 is 0 Å². The summed E-state index contributed by atoms with van der Waals surface area (Å²) in [5, 5.41) is 10.3. The van der Waals surface area contributed by atoms with Gasteiger partial charge in [0, 0.05) is 36.7 Å². The number of hydrogen-bond donors (Lipinski definition) is 2. The van der Waals surface area contributed by atoms with Gasteiger partial charge in [-0.25, -0.2) is 4.79 Å². The van der Waals surface area contributed by atoms with E-state index in [9.17, 15) is 4.79 Å². The molecule has 1 aromatic carbocycles. The lowest BCUT2D eigenvalue weighted by Gasteiger charge is -2.35. The SMILES string of the molecule is Cc1cc(CC(C)NC(=O)N2Cc3ccccc3C3(CC3)C2)n[nH]1. The standard InChI is InChI=1S/C19H24N4O/c1-13(9-16-10-14(2)21-22-16)20-18(24)23-11-15-5-3-4-6-17(15)19(12-23)7-8-19/h3-6,10,13H,7-9,11-12H2,1-2H3,(H,20,24)(H,21,22). The molecule has 0 bridgehead atoms. The summed E-state index contributed by atoms with van der Waals surface area (Å²) in [6, 6.07) is 10.7. The summed E-state index contributed by atoms with van der Waals surface area (Å²) in [7, 11) is 0. The van der Waals surface area contributed by atoms with Crippen LogP contribution in [-0.2, 0) is 18.4 Å². The van der Waals surface area contributed by atoms with Crippen LogP contribution in [-0.4, -0.2) is 33.7 Å². The van der Waals surface area contributed by atoms with Gasteiger partial charge >= 0.3 is 6.03 Å². The van der Waals surface area contributed by atoms with Gasteiger partial charge in [0.25, 0.3) is 0 Å². The first-order valence-corrected chi connectivity index (χ1v) is 8.70. The Hall–Kier alpha value is -2.30. The average molecular weight is 324 g/mol. The van der Waals surface area contributed by atoms with Crippen molar-refractivity contribution in [2.75, 3.05) is 6.54 Å². The van der Waals surface area contributed by atoms with Crippen LogP contribution in [0, 0.1) is 6.92 Å². The first-order chi connectivity index (χ1) is 11.6. The van der Waals surface area contributed by atoms with Gasteiger partial charge in [0.1, 0.15) is 0 Å². The smallest absolute Gasteiger partial charge is 0.317 e. The van der Waals surface area contributed by atoms with E-state index in [1.54, 1.807) is 0 Å². The third-order valence-corrected chi connectivity index (χ3v) is 5.23. The first kappa shape index (κ1) is 15.2. The summed E-state index contributed by atoms with van der Waals surface area (Å²) >= 11 is 0. The molecule has 1 unspecified atom stereocenters. The van der Waals surface area contributed by atoms with Crippen molar-refractivity contribution in [1.29, 1.82) is 0 Å². The summed E-state index contributed by atoms with van der Waals surface area (Å²) in [5.74, 6) is 0. The molecule has 0 saturated heterocycles. The van der Waals surface area contributed by atoms with Gasteiger partial charge in [0.15, 0.2) is 0 Å². The lowest BCUT2D eigenvalue weighted by Crippen LogP contribution is -2.49. The average Bonchev–Trinajstić information content (AvgIpc) is 3.21. The summed E-state index contributed by atoms with van der Waals surface area (Å²) in [6.45, 7) is 5.56. The van der Waals surface area contributed by atoms with Crippen molar-refractivity contribution in [2.24, 2.45) is 0 Å². The van der Waals surface area contributed by atoms with E-state index in [2.05, 4.69) is 39.8 Å². The molecular formula is C19H24N4O. The van der Waals surface area contributed by atoms with Crippen molar-refractivity contribution in [3.8, 4) is 0 Å². The van der Waals surface area contributed by atoms with Gasteiger partial charge in [-0.3, -0.25) is 5.10 Å². The van der Waals surface area contributed by atoms with Crippen molar-refractivity contribution in [3.63, 3.8) is 0 Å². The van der Waals surface area contributed by atoms with Crippen LogP contribution in [0.2, 0.25) is 0 Å². The fourth-order valence-corrected chi connectivity index (χ4v) is 3.86. The molecule has 1 aliphatic heterocycles. The highest BCUT2D eigenvalue weighted by atomic mass is 16.2. The maximum atomic E-state index is 12.7. The molecule has 1 aromatic heterocycles. The second-order valence-electron chi connectivity index (χ2n) is 7.39. The molecule has 2 heterocycles. The molecule has 1 saturated carbocycles. The second kappa shape index (κ2) is 5.65. The molecule has 1 aliphatic carbocycles. The quantitative estimate of drug-likeness (QED) is 0.912. The summed E-state index contributed by atoms with van der Waals surface area (Å²) in [4.78, 5) is 14.7. The minimum absolute atomic E-state index is 0.0375. The van der Waals surface area contributed by atoms with Gasteiger partial charge in [-0.2, -0.15) is 5.10 Å². The second-order valence-corrected chi connectivity index (χ2v) is 7.39. The zero-order chi connectivity index (χ0) is 16.7. The zero-order valence-corrected chi connectivity index (χ0v) is 14.3. The van der Waals surface area contributed by atoms with Crippen molar-refractivity contribution in [2.45, 2.75) is 51.1 Å². The van der Waals surface area contributed by atoms with Gasteiger partial charge < -0.3 is 10.2 Å². The summed E-state index contributed by atoms with van der Waals surface area (Å²) in [6.07, 6.45) is 3.12. The highest BCUT2D eigenvalue weighted by Gasteiger charge is 2.49. The number of urea groups is 1. The largest absolute Gasteiger partial charge is 0.335 e. The molecule has 2 aromatic rings. The topological polar surface area (TPSA) is 61.0 Å². The normalized spacial score (nSPS) is 19.0. The van der Waals surface area contributed by atoms with Crippen molar-refractivity contribution >= 4 is 6.03 Å². The van der Waals surface area contributed by atoms with E-state index in [-0.39, 0.29) is 17.5 Å². The molecule has 1 atom stereocenters. The number of amides is 2. The van der Waals surface area contributed by atoms with Gasteiger partial charge in [-0.05, 0) is 43.9 Å². The molecule has 5 heteroatoms. The molecule has 2 amide bonds. The Kier molecular flexibility index (Phi) is 3.59. The predicted molar refractivity (Wildman–Crippen MR) is 92.8 cm³/mol. The number of rotatable bonds is 3. The van der Waals surface area contributed by atoms with Crippen LogP contribution < -0.4 is 5.32 Å². The zero-order valence-electron chi connectivity index (χ0n) is 14.3. The Balaban J connectivity index is 1.42. The van der Waals surface area contributed by atoms with Crippen molar-refractivity contribution < 1.29 is 4.79 Å². The first-order valence-electron chi connectivity index (χ1n) is 8.70. The van der Waals surface area contributed by atoms with Gasteiger partial charge in [-0.1, -0.05) is 24.3 Å². The Labute approximate surface area is 142 Å². The highest BCUT2D eigenvalue weighted by molar-refractivity contribution is 5.75. The molecule has 2 aliphatic rings. The van der Waals surface area contributed by atoms with Crippen LogP contribution in [0.4, 0.5) is 4.79 Å². The Bertz CT molecular complexity index is 762. The fraction of sp³-hybridized carbons (Fsp3) is 0.474. The Morgan fingerprint density at radius 2 is 2.21 bits per heavy atom. The third kappa shape index (κ3) is 2.79. The molecule has 1 fully saturated rings. The molecule has 126 valence electrons. The van der Waals surface area contributed by atoms with Crippen LogP contribution in [0.3, 0.4) is 0 Å². The van der Waals surface area contributed by atoms with Crippen LogP contribution in [0.5, 0.6) is 0 Å². The highest BCUT2D eigenvalue weighted by Crippen LogP contribution is 2.52. The molecule has 2 N–H and O–H groups in total. The monoisotopic (exact) mass is 324 g/mol. The summed E-state index contributed by atoms with van der Waals surface area (Å²) in [5.41, 5.74) is 5.00. The number of carbonyl (C=O) groups is 1. The minimum Gasteiger partial charge on any atom is -0.335 e. The third-order valence-electron chi connectivity index (χ3n) is 5.23. The van der Waals surface area contributed by atoms with Crippen molar-refractivity contribution in [3.05, 3.63) is 52.8 Å². The predicted octanol–water partition coefficient (Wildman–Crippen LogP) is 2.91. The van der Waals surface area contributed by atoms with E-state index in [1.807, 2.05) is 24.8 Å². The number of aromatic nitrogens is 2. The number of nitrogens with zero attached hydrogens (tertiary/aromatic N) is 2. The number of fused-ring (bicyclic) bond motifs is 2. The molecular weight excluding hydrogens is 300 g/mol. The number of carbonyl (C=O) groups excluding carboxylic acids is 1. The molecule has 4 rings (SSSR count). The van der Waals surface area contributed by atoms with Gasteiger partial charge in [0.2, 0.25) is 0 Å². The Morgan fingerprint density at radius 3 is 2.92 bits per heavy atom. The number of hydrogen-bond acceptors (Lipinski definition) is 2. The number of benzene rings is 1. The number of aromatic amines is 1. The maximum Gasteiger partial charge on any atom is 0.317 e. The molecule has 24 heavy (non-hydrogen) atoms. The van der Waals surface area contributed by atoms with Crippen LogP contribution >= 0.6 is 0 Å². The van der Waals surface area contributed by atoms with E-state index in [1.165, 1.54) is 24.0 Å². The maximum absolute atomic E-state index is 12.7. The van der Waals surface area contributed by atoms with Crippen LogP contribution in [0.1, 0.15) is 42.3 Å². The van der Waals surface area contributed by atoms with Gasteiger partial charge in [0.05, 0.1) is 5.69 Å². The van der Waals surface area contributed by atoms with Gasteiger partial charge in [-0.15, -0.1) is 0 Å². The number of aryl methyl sites for hydroxylation is 1. The minimum atomic E-state index is 0.0375. The van der Waals surface area contributed by atoms with E-state index >= 15 is 0 Å². The fourth-order valence-electron chi connectivity index (χ4n) is 3.86. The molecule has 5 nitrogen and oxygen atoms in total.